The second-order valence-corrected chi connectivity index (χ2v) is 10.4. The van der Waals surface area contributed by atoms with Gasteiger partial charge in [-0.15, -0.1) is 0 Å². The zero-order valence-electron chi connectivity index (χ0n) is 22.8. The van der Waals surface area contributed by atoms with E-state index in [0.717, 1.165) is 27.7 Å². The van der Waals surface area contributed by atoms with Crippen LogP contribution < -0.4 is 15.0 Å². The maximum atomic E-state index is 13.3. The molecule has 0 saturated carbocycles. The third-order valence-corrected chi connectivity index (χ3v) is 7.25. The Balaban J connectivity index is 1.59. The summed E-state index contributed by atoms with van der Waals surface area (Å²) in [5, 5.41) is 14.9. The largest absolute Gasteiger partial charge is 0.488 e. The Hall–Kier alpha value is -3.78. The van der Waals surface area contributed by atoms with Crippen LogP contribution in [0.3, 0.4) is 0 Å². The summed E-state index contributed by atoms with van der Waals surface area (Å²) in [6.45, 7) is 4.48. The third-order valence-electron chi connectivity index (χ3n) is 7.25. The number of carbonyl (C=O) groups is 2. The minimum absolute atomic E-state index is 0.0538. The Morgan fingerprint density at radius 1 is 1.13 bits per heavy atom. The number of benzene rings is 3. The lowest BCUT2D eigenvalue weighted by Gasteiger charge is -2.34. The fourth-order valence-electron chi connectivity index (χ4n) is 4.81. The van der Waals surface area contributed by atoms with Crippen LogP contribution in [-0.2, 0) is 11.2 Å². The number of nitrogens with zero attached hydrogens (tertiary/aromatic N) is 3. The summed E-state index contributed by atoms with van der Waals surface area (Å²) in [6.07, 6.45) is -0.195. The van der Waals surface area contributed by atoms with E-state index in [0.29, 0.717) is 18.8 Å². The van der Waals surface area contributed by atoms with Crippen molar-refractivity contribution in [1.29, 1.82) is 0 Å². The number of fused-ring (bicyclic) bond motifs is 2. The zero-order valence-corrected chi connectivity index (χ0v) is 22.8. The van der Waals surface area contributed by atoms with E-state index in [-0.39, 0.29) is 43.0 Å². The van der Waals surface area contributed by atoms with E-state index in [2.05, 4.69) is 5.32 Å². The molecule has 202 valence electrons. The number of aliphatic hydroxyl groups excluding tert-OH is 1. The van der Waals surface area contributed by atoms with Gasteiger partial charge in [0.15, 0.2) is 0 Å². The predicted octanol–water partition coefficient (Wildman–Crippen LogP) is 4.22. The molecule has 0 bridgehead atoms. The van der Waals surface area contributed by atoms with Crippen LogP contribution in [0.15, 0.2) is 60.7 Å². The number of urea groups is 1. The van der Waals surface area contributed by atoms with Gasteiger partial charge in [-0.2, -0.15) is 0 Å². The van der Waals surface area contributed by atoms with E-state index in [1.54, 1.807) is 16.8 Å². The van der Waals surface area contributed by atoms with Gasteiger partial charge >= 0.3 is 6.03 Å². The molecule has 0 radical (unpaired) electrons. The highest BCUT2D eigenvalue weighted by Crippen LogP contribution is 2.30. The molecule has 3 amide bonds. The van der Waals surface area contributed by atoms with Crippen molar-refractivity contribution in [3.05, 3.63) is 66.2 Å². The van der Waals surface area contributed by atoms with Crippen molar-refractivity contribution in [3.8, 4) is 5.75 Å². The number of hydrogen-bond acceptors (Lipinski definition) is 5. The zero-order chi connectivity index (χ0) is 27.4. The van der Waals surface area contributed by atoms with Crippen molar-refractivity contribution in [1.82, 2.24) is 9.80 Å². The molecule has 1 heterocycles. The Morgan fingerprint density at radius 3 is 2.61 bits per heavy atom. The van der Waals surface area contributed by atoms with Crippen molar-refractivity contribution in [2.24, 2.45) is 5.92 Å². The molecule has 8 heteroatoms. The fourth-order valence-corrected chi connectivity index (χ4v) is 4.81. The highest BCUT2D eigenvalue weighted by Gasteiger charge is 2.32. The van der Waals surface area contributed by atoms with E-state index >= 15 is 0 Å². The average Bonchev–Trinajstić information content (AvgIpc) is 2.95. The molecule has 0 aliphatic carbocycles. The molecule has 3 atom stereocenters. The standard InChI is InChI=1S/C30H38N4O4/c1-20-17-34(21(2)19-35)29(36)16-23-15-24(32(3)4)13-14-27(23)38-28(20)18-33(5)30(37)31-26-12-8-10-22-9-6-7-11-25(22)26/h6-15,20-21,28,35H,16-19H2,1-5H3,(H,31,37)/t20-,21+,28-/m1/s1. The Labute approximate surface area is 224 Å². The molecule has 1 aliphatic heterocycles. The average molecular weight is 519 g/mol. The maximum Gasteiger partial charge on any atom is 0.321 e. The molecule has 4 rings (SSSR count). The molecule has 0 spiro atoms. The highest BCUT2D eigenvalue weighted by atomic mass is 16.5. The van der Waals surface area contributed by atoms with Gasteiger partial charge in [-0.05, 0) is 36.6 Å². The lowest BCUT2D eigenvalue weighted by Crippen LogP contribution is -2.48. The molecule has 1 aliphatic rings. The van der Waals surface area contributed by atoms with Crippen molar-refractivity contribution in [2.45, 2.75) is 32.4 Å². The van der Waals surface area contributed by atoms with Gasteiger partial charge in [0, 0.05) is 50.2 Å². The number of likely N-dealkylation sites (N-methyl/N-ethyl adjacent to an activating group) is 1. The van der Waals surface area contributed by atoms with Gasteiger partial charge in [0.1, 0.15) is 11.9 Å². The second-order valence-electron chi connectivity index (χ2n) is 10.4. The van der Waals surface area contributed by atoms with Gasteiger partial charge in [0.05, 0.1) is 31.3 Å². The smallest absolute Gasteiger partial charge is 0.321 e. The molecule has 0 fully saturated rings. The first kappa shape index (κ1) is 27.3. The molecule has 38 heavy (non-hydrogen) atoms. The molecule has 0 unspecified atom stereocenters. The first-order chi connectivity index (χ1) is 18.2. The highest BCUT2D eigenvalue weighted by molar-refractivity contribution is 6.01. The van der Waals surface area contributed by atoms with E-state index in [1.165, 1.54) is 0 Å². The lowest BCUT2D eigenvalue weighted by molar-refractivity contribution is -0.134. The number of aliphatic hydroxyl groups is 1. The van der Waals surface area contributed by atoms with Crippen LogP contribution in [0.4, 0.5) is 16.2 Å². The minimum Gasteiger partial charge on any atom is -0.488 e. The van der Waals surface area contributed by atoms with Crippen LogP contribution in [0.1, 0.15) is 19.4 Å². The van der Waals surface area contributed by atoms with Crippen molar-refractivity contribution in [3.63, 3.8) is 0 Å². The van der Waals surface area contributed by atoms with Gasteiger partial charge in [-0.3, -0.25) is 4.79 Å². The number of nitrogens with one attached hydrogen (secondary N) is 1. The Morgan fingerprint density at radius 2 is 1.87 bits per heavy atom. The van der Waals surface area contributed by atoms with Crippen LogP contribution in [0.2, 0.25) is 0 Å². The molecule has 3 aromatic rings. The van der Waals surface area contributed by atoms with Crippen LogP contribution in [-0.4, -0.2) is 79.8 Å². The van der Waals surface area contributed by atoms with Crippen LogP contribution >= 0.6 is 0 Å². The van der Waals surface area contributed by atoms with Crippen LogP contribution in [0, 0.1) is 5.92 Å². The summed E-state index contributed by atoms with van der Waals surface area (Å²) in [5.41, 5.74) is 2.51. The topological polar surface area (TPSA) is 85.4 Å². The van der Waals surface area contributed by atoms with Gasteiger partial charge in [0.25, 0.3) is 0 Å². The second kappa shape index (κ2) is 11.7. The van der Waals surface area contributed by atoms with Crippen LogP contribution in [0.5, 0.6) is 5.75 Å². The summed E-state index contributed by atoms with van der Waals surface area (Å²) >= 11 is 0. The summed E-state index contributed by atoms with van der Waals surface area (Å²) in [7, 11) is 5.65. The number of anilines is 2. The quantitative estimate of drug-likeness (QED) is 0.511. The number of rotatable bonds is 6. The lowest BCUT2D eigenvalue weighted by atomic mass is 10.0. The van der Waals surface area contributed by atoms with Crippen LogP contribution in [0.25, 0.3) is 10.8 Å². The van der Waals surface area contributed by atoms with E-state index in [9.17, 15) is 14.7 Å². The monoisotopic (exact) mass is 518 g/mol. The first-order valence-corrected chi connectivity index (χ1v) is 13.0. The molecule has 3 aromatic carbocycles. The summed E-state index contributed by atoms with van der Waals surface area (Å²) in [6, 6.07) is 19.0. The molecule has 2 N–H and O–H groups in total. The SMILES string of the molecule is C[C@@H]1CN([C@@H](C)CO)C(=O)Cc2cc(N(C)C)ccc2O[C@@H]1CN(C)C(=O)Nc1cccc2ccccc12. The van der Waals surface area contributed by atoms with Crippen molar-refractivity contribution < 1.29 is 19.4 Å². The summed E-state index contributed by atoms with van der Waals surface area (Å²) < 4.78 is 6.53. The number of ether oxygens (including phenoxy) is 1. The Kier molecular flexibility index (Phi) is 8.42. The molecular formula is C30H38N4O4. The van der Waals surface area contributed by atoms with E-state index in [4.69, 9.17) is 4.74 Å². The molecular weight excluding hydrogens is 480 g/mol. The van der Waals surface area contributed by atoms with Gasteiger partial charge in [-0.1, -0.05) is 43.3 Å². The molecule has 0 saturated heterocycles. The van der Waals surface area contributed by atoms with Gasteiger partial charge in [0.2, 0.25) is 5.91 Å². The number of carbonyl (C=O) groups excluding carboxylic acids is 2. The molecule has 8 nitrogen and oxygen atoms in total. The van der Waals surface area contributed by atoms with Crippen molar-refractivity contribution in [2.75, 3.05) is 51.1 Å². The summed E-state index contributed by atoms with van der Waals surface area (Å²) in [5.74, 6) is 0.490. The Bertz CT molecular complexity index is 1290. The van der Waals surface area contributed by atoms with Gasteiger partial charge < -0.3 is 29.9 Å². The number of amides is 3. The summed E-state index contributed by atoms with van der Waals surface area (Å²) in [4.78, 5) is 31.9. The normalized spacial score (nSPS) is 18.5. The van der Waals surface area contributed by atoms with E-state index < -0.39 is 0 Å². The fraction of sp³-hybridized carbons (Fsp3) is 0.400. The number of hydrogen-bond donors (Lipinski definition) is 2. The predicted molar refractivity (Wildman–Crippen MR) is 152 cm³/mol. The maximum absolute atomic E-state index is 13.3. The first-order valence-electron chi connectivity index (χ1n) is 13.0. The van der Waals surface area contributed by atoms with Crippen molar-refractivity contribution >= 4 is 34.1 Å². The van der Waals surface area contributed by atoms with Gasteiger partial charge in [-0.25, -0.2) is 4.79 Å². The molecule has 0 aromatic heterocycles. The third kappa shape index (κ3) is 6.02. The van der Waals surface area contributed by atoms with E-state index in [1.807, 2.05) is 93.5 Å². The minimum atomic E-state index is -0.374.